The summed E-state index contributed by atoms with van der Waals surface area (Å²) in [5.74, 6) is 0.301. The first-order valence-electron chi connectivity index (χ1n) is 9.44. The smallest absolute Gasteiger partial charge is 0.254 e. The fraction of sp³-hybridized carbons (Fsp3) is 0.261. The van der Waals surface area contributed by atoms with Crippen molar-refractivity contribution in [3.8, 4) is 0 Å². The Morgan fingerprint density at radius 3 is 2.25 bits per heavy atom. The van der Waals surface area contributed by atoms with Gasteiger partial charge in [0.2, 0.25) is 5.95 Å². The predicted octanol–water partition coefficient (Wildman–Crippen LogP) is 4.49. The lowest BCUT2D eigenvalue weighted by atomic mass is 9.86. The third-order valence-electron chi connectivity index (χ3n) is 4.44. The molecule has 1 amide bonds. The molecule has 3 aromatic rings. The molecule has 0 radical (unpaired) electrons. The van der Waals surface area contributed by atoms with Gasteiger partial charge >= 0.3 is 0 Å². The average Bonchev–Trinajstić information content (AvgIpc) is 2.69. The van der Waals surface area contributed by atoms with E-state index in [9.17, 15) is 4.79 Å². The summed E-state index contributed by atoms with van der Waals surface area (Å²) in [5, 5.41) is 6.16. The summed E-state index contributed by atoms with van der Waals surface area (Å²) in [6.45, 7) is 7.06. The van der Waals surface area contributed by atoms with E-state index in [4.69, 9.17) is 0 Å². The van der Waals surface area contributed by atoms with Crippen molar-refractivity contribution in [1.82, 2.24) is 15.3 Å². The first-order valence-corrected chi connectivity index (χ1v) is 9.44. The lowest BCUT2D eigenvalue weighted by molar-refractivity contribution is 0.0953. The molecule has 5 nitrogen and oxygen atoms in total. The Morgan fingerprint density at radius 1 is 0.929 bits per heavy atom. The highest BCUT2D eigenvalue weighted by molar-refractivity contribution is 5.93. The molecule has 0 aliphatic heterocycles. The number of hydrogen-bond acceptors (Lipinski definition) is 4. The zero-order valence-electron chi connectivity index (χ0n) is 16.6. The van der Waals surface area contributed by atoms with E-state index in [-0.39, 0.29) is 11.3 Å². The van der Waals surface area contributed by atoms with Gasteiger partial charge in [-0.05, 0) is 29.0 Å². The van der Waals surface area contributed by atoms with Crippen molar-refractivity contribution in [3.05, 3.63) is 83.7 Å². The van der Waals surface area contributed by atoms with Crippen LogP contribution in [0.5, 0.6) is 0 Å². The Labute approximate surface area is 166 Å². The van der Waals surface area contributed by atoms with Crippen molar-refractivity contribution >= 4 is 17.5 Å². The molecule has 2 aromatic carbocycles. The van der Waals surface area contributed by atoms with Crippen molar-refractivity contribution in [2.75, 3.05) is 11.9 Å². The van der Waals surface area contributed by atoms with E-state index in [0.29, 0.717) is 18.1 Å². The fourth-order valence-electron chi connectivity index (χ4n) is 2.94. The Balaban J connectivity index is 1.60. The van der Waals surface area contributed by atoms with Crippen molar-refractivity contribution in [2.45, 2.75) is 32.6 Å². The molecule has 0 fully saturated rings. The van der Waals surface area contributed by atoms with Gasteiger partial charge in [0.25, 0.3) is 5.91 Å². The van der Waals surface area contributed by atoms with Crippen molar-refractivity contribution in [1.29, 1.82) is 0 Å². The highest BCUT2D eigenvalue weighted by atomic mass is 16.1. The van der Waals surface area contributed by atoms with Gasteiger partial charge in [-0.1, -0.05) is 69.3 Å². The minimum absolute atomic E-state index is 0.00216. The fourth-order valence-corrected chi connectivity index (χ4v) is 2.94. The number of para-hydroxylation sites is 1. The maximum absolute atomic E-state index is 12.3. The van der Waals surface area contributed by atoms with E-state index < -0.39 is 0 Å². The standard InChI is InChI=1S/C23H26N4O/c1-23(2,3)19-11-7-8-12-20(19)27-22-25-15-18(16-26-22)21(28)24-14-13-17-9-5-4-6-10-17/h4-12,15-16H,13-14H2,1-3H3,(H,24,28)(H,25,26,27). The zero-order chi connectivity index (χ0) is 20.0. The summed E-state index contributed by atoms with van der Waals surface area (Å²) in [6, 6.07) is 18.2. The predicted molar refractivity (Wildman–Crippen MR) is 113 cm³/mol. The third kappa shape index (κ3) is 5.16. The lowest BCUT2D eigenvalue weighted by Gasteiger charge is -2.22. The molecular formula is C23H26N4O. The van der Waals surface area contributed by atoms with Crippen LogP contribution in [0.1, 0.15) is 42.3 Å². The molecule has 3 rings (SSSR count). The van der Waals surface area contributed by atoms with Crippen molar-refractivity contribution in [3.63, 3.8) is 0 Å². The van der Waals surface area contributed by atoms with Gasteiger partial charge in [0.05, 0.1) is 5.56 Å². The average molecular weight is 374 g/mol. The topological polar surface area (TPSA) is 66.9 Å². The zero-order valence-corrected chi connectivity index (χ0v) is 16.6. The van der Waals surface area contributed by atoms with E-state index in [1.54, 1.807) is 12.4 Å². The normalized spacial score (nSPS) is 11.1. The van der Waals surface area contributed by atoms with Crippen LogP contribution in [0.15, 0.2) is 67.0 Å². The summed E-state index contributed by atoms with van der Waals surface area (Å²) in [4.78, 5) is 20.9. The number of nitrogens with one attached hydrogen (secondary N) is 2. The molecule has 28 heavy (non-hydrogen) atoms. The van der Waals surface area contributed by atoms with Gasteiger partial charge in [0.1, 0.15) is 0 Å². The summed E-state index contributed by atoms with van der Waals surface area (Å²) in [5.41, 5.74) is 3.79. The van der Waals surface area contributed by atoms with Crippen LogP contribution >= 0.6 is 0 Å². The molecule has 2 N–H and O–H groups in total. The molecule has 0 unspecified atom stereocenters. The highest BCUT2D eigenvalue weighted by Gasteiger charge is 2.18. The number of amides is 1. The summed E-state index contributed by atoms with van der Waals surface area (Å²) in [6.07, 6.45) is 3.89. The number of hydrogen-bond donors (Lipinski definition) is 2. The molecule has 0 aliphatic rings. The molecule has 0 bridgehead atoms. The van der Waals surface area contributed by atoms with Crippen LogP contribution in [-0.2, 0) is 11.8 Å². The molecule has 5 heteroatoms. The quantitative estimate of drug-likeness (QED) is 0.667. The van der Waals surface area contributed by atoms with Crippen molar-refractivity contribution < 1.29 is 4.79 Å². The van der Waals surface area contributed by atoms with Gasteiger partial charge in [-0.25, -0.2) is 9.97 Å². The molecule has 0 saturated carbocycles. The second kappa shape index (κ2) is 8.65. The minimum Gasteiger partial charge on any atom is -0.352 e. The molecule has 0 aliphatic carbocycles. The summed E-state index contributed by atoms with van der Waals surface area (Å²) in [7, 11) is 0. The number of aromatic nitrogens is 2. The van der Waals surface area contributed by atoms with Crippen LogP contribution in [0.25, 0.3) is 0 Å². The van der Waals surface area contributed by atoms with E-state index in [0.717, 1.165) is 12.1 Å². The van der Waals surface area contributed by atoms with E-state index in [2.05, 4.69) is 47.4 Å². The maximum Gasteiger partial charge on any atom is 0.254 e. The molecule has 0 saturated heterocycles. The summed E-state index contributed by atoms with van der Waals surface area (Å²) >= 11 is 0. The Bertz CT molecular complexity index is 915. The Kier molecular flexibility index (Phi) is 6.04. The first-order chi connectivity index (χ1) is 13.4. The molecule has 1 aromatic heterocycles. The van der Waals surface area contributed by atoms with Crippen molar-refractivity contribution in [2.24, 2.45) is 0 Å². The van der Waals surface area contributed by atoms with Gasteiger partial charge in [-0.2, -0.15) is 0 Å². The maximum atomic E-state index is 12.3. The number of benzene rings is 2. The van der Waals surface area contributed by atoms with Gasteiger partial charge in [0, 0.05) is 24.6 Å². The van der Waals surface area contributed by atoms with Crippen LogP contribution < -0.4 is 10.6 Å². The molecule has 144 valence electrons. The van der Waals surface area contributed by atoms with E-state index in [1.165, 1.54) is 11.1 Å². The molecule has 0 spiro atoms. The van der Waals surface area contributed by atoms with Crippen LogP contribution in [0.4, 0.5) is 11.6 Å². The van der Waals surface area contributed by atoms with Gasteiger partial charge in [-0.3, -0.25) is 4.79 Å². The number of carbonyl (C=O) groups excluding carboxylic acids is 1. The third-order valence-corrected chi connectivity index (χ3v) is 4.44. The second-order valence-electron chi connectivity index (χ2n) is 7.71. The van der Waals surface area contributed by atoms with Gasteiger partial charge in [-0.15, -0.1) is 0 Å². The molecule has 1 heterocycles. The number of rotatable bonds is 6. The SMILES string of the molecule is CC(C)(C)c1ccccc1Nc1ncc(C(=O)NCCc2ccccc2)cn1. The summed E-state index contributed by atoms with van der Waals surface area (Å²) < 4.78 is 0. The van der Waals surface area contributed by atoms with Gasteiger partial charge < -0.3 is 10.6 Å². The van der Waals surface area contributed by atoms with E-state index >= 15 is 0 Å². The second-order valence-corrected chi connectivity index (χ2v) is 7.71. The number of anilines is 2. The van der Waals surface area contributed by atoms with E-state index in [1.807, 2.05) is 48.5 Å². The first kappa shape index (κ1) is 19.5. The number of carbonyl (C=O) groups is 1. The largest absolute Gasteiger partial charge is 0.352 e. The van der Waals surface area contributed by atoms with Gasteiger partial charge in [0.15, 0.2) is 0 Å². The molecule has 0 atom stereocenters. The minimum atomic E-state index is -0.169. The molecular weight excluding hydrogens is 348 g/mol. The monoisotopic (exact) mass is 374 g/mol. The highest BCUT2D eigenvalue weighted by Crippen LogP contribution is 2.30. The van der Waals surface area contributed by atoms with Crippen LogP contribution in [0.3, 0.4) is 0 Å². The van der Waals surface area contributed by atoms with Crippen LogP contribution in [0, 0.1) is 0 Å². The Morgan fingerprint density at radius 2 is 1.57 bits per heavy atom. The lowest BCUT2D eigenvalue weighted by Crippen LogP contribution is -2.26. The number of nitrogens with zero attached hydrogens (tertiary/aromatic N) is 2. The Hall–Kier alpha value is -3.21. The van der Waals surface area contributed by atoms with Crippen LogP contribution in [-0.4, -0.2) is 22.4 Å². The van der Waals surface area contributed by atoms with Crippen LogP contribution in [0.2, 0.25) is 0 Å².